The third kappa shape index (κ3) is 3.08. The molecule has 0 bridgehead atoms. The van der Waals surface area contributed by atoms with Gasteiger partial charge in [0.2, 0.25) is 10.0 Å². The maximum Gasteiger partial charge on any atom is 0.322 e. The molecule has 9 heteroatoms. The van der Waals surface area contributed by atoms with Crippen LogP contribution in [0.25, 0.3) is 0 Å². The summed E-state index contributed by atoms with van der Waals surface area (Å²) in [6, 6.07) is 2.37. The van der Waals surface area contributed by atoms with Gasteiger partial charge in [-0.25, -0.2) is 8.42 Å². The molecule has 0 aromatic heterocycles. The lowest BCUT2D eigenvalue weighted by atomic mass is 9.99. The quantitative estimate of drug-likeness (QED) is 0.851. The molecule has 1 fully saturated rings. The van der Waals surface area contributed by atoms with E-state index in [2.05, 4.69) is 0 Å². The highest BCUT2D eigenvalue weighted by atomic mass is 35.5. The molecule has 2 atom stereocenters. The predicted molar refractivity (Wildman–Crippen MR) is 77.2 cm³/mol. The summed E-state index contributed by atoms with van der Waals surface area (Å²) in [7, 11) is -4.25. The maximum atomic E-state index is 12.7. The molecule has 1 heterocycles. The smallest absolute Gasteiger partial charge is 0.322 e. The van der Waals surface area contributed by atoms with Crippen LogP contribution in [-0.4, -0.2) is 47.0 Å². The second-order valence-electron chi connectivity index (χ2n) is 4.93. The molecule has 1 aromatic carbocycles. The largest absolute Gasteiger partial charge is 0.480 e. The Balaban J connectivity index is 2.52. The number of rotatable bonds is 4. The van der Waals surface area contributed by atoms with E-state index >= 15 is 0 Å². The number of carboxylic acid groups (broad SMARTS) is 2. The standard InChI is InChI=1S/C13H14ClNO6S/c14-8-4-6-9(7-5-8)22(20,21)15-10(12(16)17)2-1-3-11(15)13(18)19/h4-7,10-11H,1-3H2,(H,16,17)(H,18,19). The van der Waals surface area contributed by atoms with Gasteiger partial charge in [0, 0.05) is 5.02 Å². The van der Waals surface area contributed by atoms with Gasteiger partial charge in [-0.3, -0.25) is 9.59 Å². The molecule has 2 N–H and O–H groups in total. The van der Waals surface area contributed by atoms with Crippen LogP contribution in [0.4, 0.5) is 0 Å². The van der Waals surface area contributed by atoms with Crippen LogP contribution in [0.5, 0.6) is 0 Å². The first-order valence-electron chi connectivity index (χ1n) is 6.50. The summed E-state index contributed by atoms with van der Waals surface area (Å²) >= 11 is 5.71. The molecule has 0 saturated carbocycles. The summed E-state index contributed by atoms with van der Waals surface area (Å²) in [4.78, 5) is 22.5. The fourth-order valence-electron chi connectivity index (χ4n) is 2.50. The summed E-state index contributed by atoms with van der Waals surface area (Å²) in [5, 5.41) is 18.8. The van der Waals surface area contributed by atoms with Crippen LogP contribution in [0.3, 0.4) is 0 Å². The molecule has 0 aliphatic carbocycles. The van der Waals surface area contributed by atoms with Gasteiger partial charge >= 0.3 is 11.9 Å². The van der Waals surface area contributed by atoms with Crippen molar-refractivity contribution in [2.24, 2.45) is 0 Å². The molecule has 120 valence electrons. The van der Waals surface area contributed by atoms with Crippen LogP contribution in [0.1, 0.15) is 19.3 Å². The third-order valence-corrected chi connectivity index (χ3v) is 5.71. The number of halogens is 1. The van der Waals surface area contributed by atoms with Crippen molar-refractivity contribution in [3.05, 3.63) is 29.3 Å². The van der Waals surface area contributed by atoms with Gasteiger partial charge in [0.05, 0.1) is 4.90 Å². The van der Waals surface area contributed by atoms with Gasteiger partial charge in [0.25, 0.3) is 0 Å². The van der Waals surface area contributed by atoms with Gasteiger partial charge in [0.15, 0.2) is 0 Å². The lowest BCUT2D eigenvalue weighted by Crippen LogP contribution is -2.55. The Bertz CT molecular complexity index is 665. The Morgan fingerprint density at radius 3 is 1.91 bits per heavy atom. The number of benzene rings is 1. The first-order valence-corrected chi connectivity index (χ1v) is 8.31. The van der Waals surface area contributed by atoms with E-state index in [1.807, 2.05) is 0 Å². The first-order chi connectivity index (χ1) is 10.2. The monoisotopic (exact) mass is 347 g/mol. The highest BCUT2D eigenvalue weighted by Crippen LogP contribution is 2.30. The molecule has 22 heavy (non-hydrogen) atoms. The number of nitrogens with zero attached hydrogens (tertiary/aromatic N) is 1. The zero-order chi connectivity index (χ0) is 16.5. The van der Waals surface area contributed by atoms with E-state index in [1.54, 1.807) is 0 Å². The van der Waals surface area contributed by atoms with E-state index < -0.39 is 34.0 Å². The van der Waals surface area contributed by atoms with Crippen molar-refractivity contribution in [1.82, 2.24) is 4.31 Å². The maximum absolute atomic E-state index is 12.7. The zero-order valence-corrected chi connectivity index (χ0v) is 12.9. The molecule has 7 nitrogen and oxygen atoms in total. The normalized spacial score (nSPS) is 23.1. The van der Waals surface area contributed by atoms with Gasteiger partial charge in [-0.05, 0) is 43.5 Å². The summed E-state index contributed by atoms with van der Waals surface area (Å²) in [5.74, 6) is -2.72. The SMILES string of the molecule is O=C(O)C1CCCC(C(=O)O)N1S(=O)(=O)c1ccc(Cl)cc1. The van der Waals surface area contributed by atoms with Crippen molar-refractivity contribution in [2.45, 2.75) is 36.2 Å². The molecule has 2 rings (SSSR count). The van der Waals surface area contributed by atoms with Crippen LogP contribution in [-0.2, 0) is 19.6 Å². The summed E-state index contributed by atoms with van der Waals surface area (Å²) < 4.78 is 26.0. The van der Waals surface area contributed by atoms with E-state index in [0.29, 0.717) is 15.7 Å². The fraction of sp³-hybridized carbons (Fsp3) is 0.385. The minimum absolute atomic E-state index is 0.0753. The Morgan fingerprint density at radius 1 is 1.05 bits per heavy atom. The van der Waals surface area contributed by atoms with Crippen LogP contribution in [0, 0.1) is 0 Å². The van der Waals surface area contributed by atoms with Crippen LogP contribution >= 0.6 is 11.6 Å². The second kappa shape index (κ2) is 6.23. The zero-order valence-electron chi connectivity index (χ0n) is 11.3. The Hall–Kier alpha value is -1.64. The van der Waals surface area contributed by atoms with Crippen LogP contribution in [0.2, 0.25) is 5.02 Å². The van der Waals surface area contributed by atoms with Crippen molar-refractivity contribution in [3.63, 3.8) is 0 Å². The van der Waals surface area contributed by atoms with Crippen molar-refractivity contribution < 1.29 is 28.2 Å². The molecule has 2 unspecified atom stereocenters. The number of hydrogen-bond donors (Lipinski definition) is 2. The molecule has 1 saturated heterocycles. The van der Waals surface area contributed by atoms with E-state index in [0.717, 1.165) is 0 Å². The van der Waals surface area contributed by atoms with E-state index in [-0.39, 0.29) is 17.7 Å². The molecular weight excluding hydrogens is 334 g/mol. The second-order valence-corrected chi connectivity index (χ2v) is 7.21. The number of carbonyl (C=O) groups is 2. The molecule has 1 aliphatic rings. The summed E-state index contributed by atoms with van der Waals surface area (Å²) in [6.45, 7) is 0. The van der Waals surface area contributed by atoms with Gasteiger partial charge in [-0.2, -0.15) is 4.31 Å². The topological polar surface area (TPSA) is 112 Å². The first kappa shape index (κ1) is 16.7. The van der Waals surface area contributed by atoms with Gasteiger partial charge in [0.1, 0.15) is 12.1 Å². The van der Waals surface area contributed by atoms with Crippen molar-refractivity contribution >= 4 is 33.6 Å². The summed E-state index contributed by atoms with van der Waals surface area (Å²) in [6.07, 6.45) is 0.485. The summed E-state index contributed by atoms with van der Waals surface area (Å²) in [5.41, 5.74) is 0. The number of sulfonamides is 1. The minimum atomic E-state index is -4.25. The highest BCUT2D eigenvalue weighted by Gasteiger charge is 2.46. The number of piperidine rings is 1. The Morgan fingerprint density at radius 2 is 1.50 bits per heavy atom. The van der Waals surface area contributed by atoms with Gasteiger partial charge in [-0.1, -0.05) is 11.6 Å². The third-order valence-electron chi connectivity index (χ3n) is 3.53. The molecule has 1 aliphatic heterocycles. The highest BCUT2D eigenvalue weighted by molar-refractivity contribution is 7.89. The van der Waals surface area contributed by atoms with E-state index in [1.165, 1.54) is 24.3 Å². The van der Waals surface area contributed by atoms with E-state index in [4.69, 9.17) is 11.6 Å². The Labute approximate surface area is 132 Å². The number of carboxylic acids is 2. The molecule has 1 aromatic rings. The lowest BCUT2D eigenvalue weighted by molar-refractivity contribution is -0.149. The average Bonchev–Trinajstić information content (AvgIpc) is 2.46. The molecule has 0 spiro atoms. The van der Waals surface area contributed by atoms with Crippen LogP contribution < -0.4 is 0 Å². The fourth-order valence-corrected chi connectivity index (χ4v) is 4.41. The molecule has 0 radical (unpaired) electrons. The number of hydrogen-bond acceptors (Lipinski definition) is 4. The minimum Gasteiger partial charge on any atom is -0.480 e. The van der Waals surface area contributed by atoms with Crippen molar-refractivity contribution in [3.8, 4) is 0 Å². The van der Waals surface area contributed by atoms with Crippen molar-refractivity contribution in [2.75, 3.05) is 0 Å². The average molecular weight is 348 g/mol. The predicted octanol–water partition coefficient (Wildman–Crippen LogP) is 1.42. The van der Waals surface area contributed by atoms with Crippen LogP contribution in [0.15, 0.2) is 29.2 Å². The van der Waals surface area contributed by atoms with Gasteiger partial charge < -0.3 is 10.2 Å². The molecule has 0 amide bonds. The van der Waals surface area contributed by atoms with Crippen molar-refractivity contribution in [1.29, 1.82) is 0 Å². The Kier molecular flexibility index (Phi) is 4.74. The lowest BCUT2D eigenvalue weighted by Gasteiger charge is -2.36. The van der Waals surface area contributed by atoms with Gasteiger partial charge in [-0.15, -0.1) is 0 Å². The molecular formula is C13H14ClNO6S. The van der Waals surface area contributed by atoms with E-state index in [9.17, 15) is 28.2 Å². The number of aliphatic carboxylic acids is 2.